The number of morpholine rings is 1. The van der Waals surface area contributed by atoms with Crippen LogP contribution in [0.25, 0.3) is 0 Å². The molecule has 1 atom stereocenters. The molecule has 1 fully saturated rings. The summed E-state index contributed by atoms with van der Waals surface area (Å²) in [6.07, 6.45) is 0. The third-order valence-electron chi connectivity index (χ3n) is 5.00. The van der Waals surface area contributed by atoms with Crippen LogP contribution in [0.15, 0.2) is 48.5 Å². The molecule has 3 rings (SSSR count). The predicted octanol–water partition coefficient (Wildman–Crippen LogP) is 1.73. The van der Waals surface area contributed by atoms with E-state index >= 15 is 0 Å². The number of hydrogen-bond donors (Lipinski definition) is 2. The molecular weight excluding hydrogens is 404 g/mol. The first-order valence-electron chi connectivity index (χ1n) is 9.78. The van der Waals surface area contributed by atoms with Crippen LogP contribution in [0.5, 0.6) is 5.75 Å². The summed E-state index contributed by atoms with van der Waals surface area (Å²) in [7, 11) is 1.59. The van der Waals surface area contributed by atoms with E-state index < -0.39 is 16.7 Å². The van der Waals surface area contributed by atoms with Crippen molar-refractivity contribution >= 4 is 23.2 Å². The van der Waals surface area contributed by atoms with E-state index in [-0.39, 0.29) is 24.0 Å². The molecule has 0 aliphatic carbocycles. The average Bonchev–Trinajstić information content (AvgIpc) is 2.80. The van der Waals surface area contributed by atoms with Crippen molar-refractivity contribution in [1.29, 1.82) is 0 Å². The number of nitro benzene ring substituents is 1. The average molecular weight is 428 g/mol. The lowest BCUT2D eigenvalue weighted by atomic mass is 10.0. The number of carbonyl (C=O) groups is 2. The van der Waals surface area contributed by atoms with Crippen LogP contribution in [0.4, 0.5) is 11.4 Å². The van der Waals surface area contributed by atoms with E-state index in [4.69, 9.17) is 9.47 Å². The Hall–Kier alpha value is -3.50. The number of nitrogens with one attached hydrogen (secondary N) is 2. The van der Waals surface area contributed by atoms with Gasteiger partial charge in [-0.1, -0.05) is 24.3 Å². The SMILES string of the molecule is COc1ccc([C@H](CNC(=O)C(=O)Nc2ccccc2[N+](=O)[O-])N2CCOCC2)cc1. The van der Waals surface area contributed by atoms with Crippen LogP contribution in [0.2, 0.25) is 0 Å². The summed E-state index contributed by atoms with van der Waals surface area (Å²) < 4.78 is 10.6. The smallest absolute Gasteiger partial charge is 0.313 e. The maximum absolute atomic E-state index is 12.4. The van der Waals surface area contributed by atoms with E-state index in [2.05, 4.69) is 15.5 Å². The zero-order chi connectivity index (χ0) is 22.2. The van der Waals surface area contributed by atoms with Gasteiger partial charge in [-0.15, -0.1) is 0 Å². The van der Waals surface area contributed by atoms with Crippen molar-refractivity contribution in [1.82, 2.24) is 10.2 Å². The summed E-state index contributed by atoms with van der Waals surface area (Å²) in [6.45, 7) is 2.73. The quantitative estimate of drug-likeness (QED) is 0.391. The minimum absolute atomic E-state index is 0.0347. The summed E-state index contributed by atoms with van der Waals surface area (Å²) in [5.41, 5.74) is 0.641. The fraction of sp³-hybridized carbons (Fsp3) is 0.333. The molecule has 1 saturated heterocycles. The number of methoxy groups -OCH3 is 1. The van der Waals surface area contributed by atoms with Crippen LogP contribution >= 0.6 is 0 Å². The van der Waals surface area contributed by atoms with Crippen molar-refractivity contribution in [2.24, 2.45) is 0 Å². The first-order valence-corrected chi connectivity index (χ1v) is 9.78. The molecule has 2 amide bonds. The monoisotopic (exact) mass is 428 g/mol. The number of amides is 2. The van der Waals surface area contributed by atoms with Crippen LogP contribution in [0.3, 0.4) is 0 Å². The summed E-state index contributed by atoms with van der Waals surface area (Å²) >= 11 is 0. The summed E-state index contributed by atoms with van der Waals surface area (Å²) in [4.78, 5) is 37.3. The molecule has 10 nitrogen and oxygen atoms in total. The molecule has 0 saturated carbocycles. The van der Waals surface area contributed by atoms with Crippen LogP contribution in [0.1, 0.15) is 11.6 Å². The molecule has 0 unspecified atom stereocenters. The predicted molar refractivity (Wildman–Crippen MR) is 113 cm³/mol. The molecular formula is C21H24N4O6. The van der Waals surface area contributed by atoms with Gasteiger partial charge >= 0.3 is 11.8 Å². The van der Waals surface area contributed by atoms with E-state index in [1.165, 1.54) is 18.2 Å². The van der Waals surface area contributed by atoms with Crippen LogP contribution in [0, 0.1) is 10.1 Å². The molecule has 0 bridgehead atoms. The Morgan fingerprint density at radius 1 is 1.13 bits per heavy atom. The number of nitrogens with zero attached hydrogens (tertiary/aromatic N) is 2. The van der Waals surface area contributed by atoms with Crippen molar-refractivity contribution in [3.63, 3.8) is 0 Å². The van der Waals surface area contributed by atoms with Gasteiger partial charge in [-0.2, -0.15) is 0 Å². The number of benzene rings is 2. The minimum Gasteiger partial charge on any atom is -0.497 e. The Kier molecular flexibility index (Phi) is 7.52. The highest BCUT2D eigenvalue weighted by molar-refractivity contribution is 6.39. The second-order valence-electron chi connectivity index (χ2n) is 6.88. The van der Waals surface area contributed by atoms with Gasteiger partial charge in [-0.05, 0) is 23.8 Å². The van der Waals surface area contributed by atoms with Gasteiger partial charge in [0, 0.05) is 25.7 Å². The van der Waals surface area contributed by atoms with Crippen LogP contribution in [-0.4, -0.2) is 61.6 Å². The second kappa shape index (κ2) is 10.5. The maximum atomic E-state index is 12.4. The molecule has 31 heavy (non-hydrogen) atoms. The molecule has 1 heterocycles. The normalized spacial score (nSPS) is 15.0. The number of ether oxygens (including phenoxy) is 2. The Morgan fingerprint density at radius 2 is 1.81 bits per heavy atom. The van der Waals surface area contributed by atoms with Gasteiger partial charge in [0.25, 0.3) is 5.69 Å². The molecule has 0 radical (unpaired) electrons. The number of hydrogen-bond acceptors (Lipinski definition) is 7. The highest BCUT2D eigenvalue weighted by Crippen LogP contribution is 2.24. The van der Waals surface area contributed by atoms with E-state index in [9.17, 15) is 19.7 Å². The zero-order valence-electron chi connectivity index (χ0n) is 17.1. The zero-order valence-corrected chi connectivity index (χ0v) is 17.1. The lowest BCUT2D eigenvalue weighted by molar-refractivity contribution is -0.383. The summed E-state index contributed by atoms with van der Waals surface area (Å²) in [5, 5.41) is 16.0. The van der Waals surface area contributed by atoms with Crippen molar-refractivity contribution in [3.8, 4) is 5.75 Å². The van der Waals surface area contributed by atoms with Crippen LogP contribution in [-0.2, 0) is 14.3 Å². The third-order valence-corrected chi connectivity index (χ3v) is 5.00. The van der Waals surface area contributed by atoms with E-state index in [1.807, 2.05) is 24.3 Å². The van der Waals surface area contributed by atoms with Crippen molar-refractivity contribution in [3.05, 3.63) is 64.2 Å². The highest BCUT2D eigenvalue weighted by atomic mass is 16.6. The number of carbonyl (C=O) groups excluding carboxylic acids is 2. The number of para-hydroxylation sites is 2. The first kappa shape index (κ1) is 22.2. The van der Waals surface area contributed by atoms with Gasteiger partial charge in [0.2, 0.25) is 0 Å². The van der Waals surface area contributed by atoms with Crippen molar-refractivity contribution < 1.29 is 24.0 Å². The fourth-order valence-electron chi connectivity index (χ4n) is 3.36. The number of anilines is 1. The lowest BCUT2D eigenvalue weighted by Crippen LogP contribution is -2.45. The lowest BCUT2D eigenvalue weighted by Gasteiger charge is -2.34. The van der Waals surface area contributed by atoms with Crippen molar-refractivity contribution in [2.75, 3.05) is 45.3 Å². The maximum Gasteiger partial charge on any atom is 0.313 e. The van der Waals surface area contributed by atoms with Gasteiger partial charge in [0.05, 0.1) is 31.3 Å². The third kappa shape index (κ3) is 5.77. The molecule has 164 valence electrons. The summed E-state index contributed by atoms with van der Waals surface area (Å²) in [5.74, 6) is -1.12. The van der Waals surface area contributed by atoms with E-state index in [0.717, 1.165) is 11.3 Å². The summed E-state index contributed by atoms with van der Waals surface area (Å²) in [6, 6.07) is 13.0. The standard InChI is InChI=1S/C21H24N4O6/c1-30-16-8-6-15(7-9-16)19(24-10-12-31-13-11-24)14-22-20(26)21(27)23-17-4-2-3-5-18(17)25(28)29/h2-9,19H,10-14H2,1H3,(H,22,26)(H,23,27)/t19-/m0/s1. The molecule has 1 aliphatic heterocycles. The van der Waals surface area contributed by atoms with E-state index in [1.54, 1.807) is 13.2 Å². The minimum atomic E-state index is -0.968. The Balaban J connectivity index is 1.67. The van der Waals surface area contributed by atoms with Crippen molar-refractivity contribution in [2.45, 2.75) is 6.04 Å². The molecule has 2 aromatic rings. The highest BCUT2D eigenvalue weighted by Gasteiger charge is 2.25. The van der Waals surface area contributed by atoms with Crippen LogP contribution < -0.4 is 15.4 Å². The van der Waals surface area contributed by atoms with Gasteiger partial charge in [0.15, 0.2) is 0 Å². The second-order valence-corrected chi connectivity index (χ2v) is 6.88. The Labute approximate surface area is 179 Å². The largest absolute Gasteiger partial charge is 0.497 e. The molecule has 10 heteroatoms. The van der Waals surface area contributed by atoms with Gasteiger partial charge in [-0.25, -0.2) is 0 Å². The Bertz CT molecular complexity index is 928. The number of nitro groups is 1. The molecule has 0 spiro atoms. The van der Waals surface area contributed by atoms with Gasteiger partial charge in [0.1, 0.15) is 11.4 Å². The molecule has 1 aliphatic rings. The number of rotatable bonds is 7. The Morgan fingerprint density at radius 3 is 2.45 bits per heavy atom. The van der Waals surface area contributed by atoms with Gasteiger partial charge in [-0.3, -0.25) is 24.6 Å². The first-order chi connectivity index (χ1) is 15.0. The molecule has 2 N–H and O–H groups in total. The van der Waals surface area contributed by atoms with Gasteiger partial charge < -0.3 is 20.1 Å². The topological polar surface area (TPSA) is 123 Å². The molecule has 2 aromatic carbocycles. The fourth-order valence-corrected chi connectivity index (χ4v) is 3.36. The molecule has 0 aromatic heterocycles. The van der Waals surface area contributed by atoms with E-state index in [0.29, 0.717) is 26.3 Å².